The van der Waals surface area contributed by atoms with Gasteiger partial charge in [-0.25, -0.2) is 4.79 Å². The fraction of sp³-hybridized carbons (Fsp3) is 0.526. The molecule has 27 heavy (non-hydrogen) atoms. The molecule has 0 aromatic heterocycles. The molecule has 8 heteroatoms. The van der Waals surface area contributed by atoms with E-state index in [-0.39, 0.29) is 12.5 Å². The standard InChI is InChI=1S/C19H29N3O4S/c1-4-13(2)16(18(24)21-15(17(20)23)10-11-27-3)22-19(25)26-12-14-8-6-5-7-9-14/h5-9,13,15-16H,4,10-12H2,1-3H3,(H2,20,23)(H,21,24)(H,22,25)/t13-,15+,16-/m0/s1. The van der Waals surface area contributed by atoms with Gasteiger partial charge in [-0.15, -0.1) is 0 Å². The van der Waals surface area contributed by atoms with Crippen LogP contribution < -0.4 is 16.4 Å². The number of nitrogens with one attached hydrogen (secondary N) is 2. The Hall–Kier alpha value is -2.22. The Kier molecular flexibility index (Phi) is 10.3. The average Bonchev–Trinajstić information content (AvgIpc) is 2.67. The van der Waals surface area contributed by atoms with Crippen LogP contribution in [-0.2, 0) is 20.9 Å². The van der Waals surface area contributed by atoms with Crippen molar-refractivity contribution in [1.29, 1.82) is 0 Å². The van der Waals surface area contributed by atoms with Crippen molar-refractivity contribution in [3.8, 4) is 0 Å². The largest absolute Gasteiger partial charge is 0.445 e. The van der Waals surface area contributed by atoms with Crippen molar-refractivity contribution in [1.82, 2.24) is 10.6 Å². The summed E-state index contributed by atoms with van der Waals surface area (Å²) in [5, 5.41) is 5.26. The van der Waals surface area contributed by atoms with Gasteiger partial charge in [0.2, 0.25) is 11.8 Å². The first-order valence-electron chi connectivity index (χ1n) is 8.94. The number of nitrogens with two attached hydrogens (primary N) is 1. The van der Waals surface area contributed by atoms with Crippen LogP contribution in [0.5, 0.6) is 0 Å². The van der Waals surface area contributed by atoms with Crippen molar-refractivity contribution < 1.29 is 19.1 Å². The number of primary amides is 1. The lowest BCUT2D eigenvalue weighted by Crippen LogP contribution is -2.55. The number of thioether (sulfide) groups is 1. The first kappa shape index (κ1) is 22.8. The number of hydrogen-bond donors (Lipinski definition) is 3. The Morgan fingerprint density at radius 2 is 1.85 bits per heavy atom. The van der Waals surface area contributed by atoms with E-state index in [0.29, 0.717) is 18.6 Å². The Labute approximate surface area is 164 Å². The molecular weight excluding hydrogens is 366 g/mol. The molecule has 0 aliphatic carbocycles. The lowest BCUT2D eigenvalue weighted by atomic mass is 9.98. The van der Waals surface area contributed by atoms with Crippen molar-refractivity contribution in [2.45, 2.75) is 45.4 Å². The third kappa shape index (κ3) is 8.34. The van der Waals surface area contributed by atoms with E-state index in [0.717, 1.165) is 5.56 Å². The second-order valence-corrected chi connectivity index (χ2v) is 7.30. The first-order chi connectivity index (χ1) is 12.9. The summed E-state index contributed by atoms with van der Waals surface area (Å²) >= 11 is 1.56. The highest BCUT2D eigenvalue weighted by atomic mass is 32.2. The molecule has 0 saturated carbocycles. The van der Waals surface area contributed by atoms with Crippen LogP contribution in [0.4, 0.5) is 4.79 Å². The normalized spacial score (nSPS) is 13.9. The molecule has 150 valence electrons. The Morgan fingerprint density at radius 3 is 2.41 bits per heavy atom. The van der Waals surface area contributed by atoms with Crippen molar-refractivity contribution in [3.63, 3.8) is 0 Å². The number of ether oxygens (including phenoxy) is 1. The van der Waals surface area contributed by atoms with E-state index in [1.165, 1.54) is 0 Å². The van der Waals surface area contributed by atoms with Gasteiger partial charge in [0.25, 0.3) is 0 Å². The highest BCUT2D eigenvalue weighted by Gasteiger charge is 2.29. The van der Waals surface area contributed by atoms with E-state index in [1.54, 1.807) is 11.8 Å². The predicted molar refractivity (Wildman–Crippen MR) is 107 cm³/mol. The highest BCUT2D eigenvalue weighted by Crippen LogP contribution is 2.10. The summed E-state index contributed by atoms with van der Waals surface area (Å²) < 4.78 is 5.20. The minimum Gasteiger partial charge on any atom is -0.445 e. The van der Waals surface area contributed by atoms with Gasteiger partial charge >= 0.3 is 6.09 Å². The zero-order chi connectivity index (χ0) is 20.2. The summed E-state index contributed by atoms with van der Waals surface area (Å²) in [6.45, 7) is 3.88. The summed E-state index contributed by atoms with van der Waals surface area (Å²) in [5.41, 5.74) is 6.22. The second-order valence-electron chi connectivity index (χ2n) is 6.31. The van der Waals surface area contributed by atoms with Crippen molar-refractivity contribution in [3.05, 3.63) is 35.9 Å². The van der Waals surface area contributed by atoms with Gasteiger partial charge in [-0.2, -0.15) is 11.8 Å². The molecule has 0 heterocycles. The summed E-state index contributed by atoms with van der Waals surface area (Å²) in [4.78, 5) is 36.3. The van der Waals surface area contributed by atoms with Crippen molar-refractivity contribution in [2.75, 3.05) is 12.0 Å². The summed E-state index contributed by atoms with van der Waals surface area (Å²) in [5.74, 6) is -0.477. The molecule has 3 amide bonds. The molecule has 7 nitrogen and oxygen atoms in total. The molecule has 4 N–H and O–H groups in total. The smallest absolute Gasteiger partial charge is 0.408 e. The van der Waals surface area contributed by atoms with Gasteiger partial charge in [-0.3, -0.25) is 9.59 Å². The number of carbonyl (C=O) groups is 3. The van der Waals surface area contributed by atoms with E-state index >= 15 is 0 Å². The van der Waals surface area contributed by atoms with Crippen LogP contribution in [0, 0.1) is 5.92 Å². The minimum atomic E-state index is -0.811. The molecule has 3 atom stereocenters. The van der Waals surface area contributed by atoms with Crippen LogP contribution in [0.3, 0.4) is 0 Å². The number of carbonyl (C=O) groups excluding carboxylic acids is 3. The van der Waals surface area contributed by atoms with Crippen molar-refractivity contribution in [2.24, 2.45) is 11.7 Å². The summed E-state index contributed by atoms with van der Waals surface area (Å²) in [6.07, 6.45) is 2.34. The average molecular weight is 396 g/mol. The van der Waals surface area contributed by atoms with Crippen LogP contribution in [0.25, 0.3) is 0 Å². The third-order valence-corrected chi connectivity index (χ3v) is 4.90. The lowest BCUT2D eigenvalue weighted by Gasteiger charge is -2.25. The second kappa shape index (κ2) is 12.2. The van der Waals surface area contributed by atoms with Crippen LogP contribution in [0.1, 0.15) is 32.3 Å². The van der Waals surface area contributed by atoms with E-state index < -0.39 is 30.0 Å². The summed E-state index contributed by atoms with van der Waals surface area (Å²) in [7, 11) is 0. The molecule has 0 aliphatic heterocycles. The molecule has 0 saturated heterocycles. The molecule has 1 aromatic rings. The first-order valence-corrected chi connectivity index (χ1v) is 10.3. The van der Waals surface area contributed by atoms with Gasteiger partial charge in [0, 0.05) is 0 Å². The maximum atomic E-state index is 12.6. The van der Waals surface area contributed by atoms with Gasteiger partial charge < -0.3 is 21.1 Å². The number of benzene rings is 1. The molecule has 0 spiro atoms. The predicted octanol–water partition coefficient (Wildman–Crippen LogP) is 2.05. The Balaban J connectivity index is 2.68. The van der Waals surface area contributed by atoms with Crippen LogP contribution >= 0.6 is 11.8 Å². The molecule has 0 radical (unpaired) electrons. The van der Waals surface area contributed by atoms with Crippen LogP contribution in [-0.4, -0.2) is 42.0 Å². The number of alkyl carbamates (subject to hydrolysis) is 1. The quantitative estimate of drug-likeness (QED) is 0.531. The maximum absolute atomic E-state index is 12.6. The fourth-order valence-corrected chi connectivity index (χ4v) is 2.85. The van der Waals surface area contributed by atoms with E-state index in [9.17, 15) is 14.4 Å². The maximum Gasteiger partial charge on any atom is 0.408 e. The molecule has 1 rings (SSSR count). The van der Waals surface area contributed by atoms with E-state index in [2.05, 4.69) is 10.6 Å². The third-order valence-electron chi connectivity index (χ3n) is 4.25. The number of rotatable bonds is 11. The monoisotopic (exact) mass is 395 g/mol. The topological polar surface area (TPSA) is 111 Å². The zero-order valence-corrected chi connectivity index (χ0v) is 16.9. The van der Waals surface area contributed by atoms with Crippen LogP contribution in [0.2, 0.25) is 0 Å². The Bertz CT molecular complexity index is 612. The highest BCUT2D eigenvalue weighted by molar-refractivity contribution is 7.98. The van der Waals surface area contributed by atoms with Crippen molar-refractivity contribution >= 4 is 29.7 Å². The van der Waals surface area contributed by atoms with E-state index in [4.69, 9.17) is 10.5 Å². The van der Waals surface area contributed by atoms with Crippen LogP contribution in [0.15, 0.2) is 30.3 Å². The number of amides is 3. The van der Waals surface area contributed by atoms with Gasteiger partial charge in [-0.05, 0) is 29.9 Å². The molecular formula is C19H29N3O4S. The molecule has 1 aromatic carbocycles. The fourth-order valence-electron chi connectivity index (χ4n) is 2.38. The molecule has 0 bridgehead atoms. The van der Waals surface area contributed by atoms with Gasteiger partial charge in [0.05, 0.1) is 0 Å². The SMILES string of the molecule is CC[C@H](C)[C@H](NC(=O)OCc1ccccc1)C(=O)N[C@H](CCSC)C(N)=O. The number of hydrogen-bond acceptors (Lipinski definition) is 5. The molecule has 0 unspecified atom stereocenters. The minimum absolute atomic E-state index is 0.110. The van der Waals surface area contributed by atoms with Gasteiger partial charge in [0.15, 0.2) is 0 Å². The van der Waals surface area contributed by atoms with E-state index in [1.807, 2.05) is 50.4 Å². The summed E-state index contributed by atoms with van der Waals surface area (Å²) in [6, 6.07) is 7.69. The molecule has 0 aliphatic rings. The zero-order valence-electron chi connectivity index (χ0n) is 16.1. The Morgan fingerprint density at radius 1 is 1.19 bits per heavy atom. The molecule has 0 fully saturated rings. The lowest BCUT2D eigenvalue weighted by molar-refractivity contribution is -0.129. The van der Waals surface area contributed by atoms with Gasteiger partial charge in [-0.1, -0.05) is 50.6 Å². The van der Waals surface area contributed by atoms with Gasteiger partial charge in [0.1, 0.15) is 18.7 Å².